The zero-order valence-corrected chi connectivity index (χ0v) is 7.79. The molecule has 0 saturated carbocycles. The van der Waals surface area contributed by atoms with Crippen molar-refractivity contribution >= 4 is 0 Å². The van der Waals surface area contributed by atoms with E-state index < -0.39 is 0 Å². The number of nitrogens with zero attached hydrogens (tertiary/aromatic N) is 1. The van der Waals surface area contributed by atoms with Crippen LogP contribution >= 0.6 is 0 Å². The first-order valence-electron chi connectivity index (χ1n) is 4.72. The molecule has 4 nitrogen and oxygen atoms in total. The fourth-order valence-electron chi connectivity index (χ4n) is 1.58. The topological polar surface area (TPSA) is 67.3 Å². The van der Waals surface area contributed by atoms with Crippen molar-refractivity contribution in [2.24, 2.45) is 11.5 Å². The lowest BCUT2D eigenvalue weighted by Crippen LogP contribution is -2.56. The molecule has 72 valence electrons. The Kier molecular flexibility index (Phi) is 3.94. The molecule has 0 aromatic rings. The summed E-state index contributed by atoms with van der Waals surface area (Å²) in [7, 11) is 0. The molecule has 0 radical (unpaired) electrons. The minimum absolute atomic E-state index is 0.234. The molecular formula is C8H20N4. The van der Waals surface area contributed by atoms with Crippen molar-refractivity contribution in [1.29, 1.82) is 0 Å². The third-order valence-electron chi connectivity index (χ3n) is 2.10. The summed E-state index contributed by atoms with van der Waals surface area (Å²) in [6, 6.07) is 0.469. The lowest BCUT2D eigenvalue weighted by Gasteiger charge is -2.34. The highest BCUT2D eigenvalue weighted by molar-refractivity contribution is 4.81. The third-order valence-corrected chi connectivity index (χ3v) is 2.10. The molecule has 1 heterocycles. The van der Waals surface area contributed by atoms with E-state index >= 15 is 0 Å². The van der Waals surface area contributed by atoms with Gasteiger partial charge in [-0.05, 0) is 12.8 Å². The maximum atomic E-state index is 5.83. The highest BCUT2D eigenvalue weighted by atomic mass is 15.5. The Morgan fingerprint density at radius 2 is 1.92 bits per heavy atom. The maximum absolute atomic E-state index is 5.83. The molecule has 0 bridgehead atoms. The summed E-state index contributed by atoms with van der Waals surface area (Å²) in [6.45, 7) is 5.01. The van der Waals surface area contributed by atoms with Gasteiger partial charge in [0.1, 0.15) is 0 Å². The molecule has 1 aliphatic rings. The Bertz CT molecular complexity index is 118. The van der Waals surface area contributed by atoms with Gasteiger partial charge < -0.3 is 11.5 Å². The first-order valence-corrected chi connectivity index (χ1v) is 4.72. The zero-order chi connectivity index (χ0) is 8.97. The lowest BCUT2D eigenvalue weighted by molar-refractivity contribution is 0.127. The van der Waals surface area contributed by atoms with Crippen LogP contribution in [0.2, 0.25) is 0 Å². The van der Waals surface area contributed by atoms with Gasteiger partial charge in [-0.15, -0.1) is 0 Å². The average molecular weight is 172 g/mol. The Labute approximate surface area is 74.2 Å². The minimum Gasteiger partial charge on any atom is -0.326 e. The largest absolute Gasteiger partial charge is 0.326 e. The molecule has 2 unspecified atom stereocenters. The maximum Gasteiger partial charge on any atom is 0.0284 e. The summed E-state index contributed by atoms with van der Waals surface area (Å²) in [5.74, 6) is 0. The van der Waals surface area contributed by atoms with Gasteiger partial charge in [0.2, 0.25) is 0 Å². The van der Waals surface area contributed by atoms with Crippen molar-refractivity contribution in [3.05, 3.63) is 0 Å². The molecule has 0 aromatic carbocycles. The normalized spacial score (nSPS) is 32.2. The number of piperidine rings is 1. The van der Waals surface area contributed by atoms with Crippen molar-refractivity contribution in [2.45, 2.75) is 31.8 Å². The van der Waals surface area contributed by atoms with Crippen molar-refractivity contribution in [2.75, 3.05) is 19.6 Å². The van der Waals surface area contributed by atoms with E-state index in [0.29, 0.717) is 0 Å². The smallest absolute Gasteiger partial charge is 0.0284 e. The quantitative estimate of drug-likeness (QED) is 0.524. The third kappa shape index (κ3) is 3.06. The van der Waals surface area contributed by atoms with E-state index in [-0.39, 0.29) is 12.1 Å². The van der Waals surface area contributed by atoms with Gasteiger partial charge in [-0.1, -0.05) is 6.92 Å². The van der Waals surface area contributed by atoms with Gasteiger partial charge in [-0.2, -0.15) is 0 Å². The van der Waals surface area contributed by atoms with E-state index in [1.165, 1.54) is 0 Å². The van der Waals surface area contributed by atoms with Gasteiger partial charge >= 0.3 is 0 Å². The number of nitrogens with one attached hydrogen (secondary N) is 1. The molecule has 5 N–H and O–H groups in total. The molecule has 4 heteroatoms. The second kappa shape index (κ2) is 4.77. The SMILES string of the molecule is CCCNN1CC(N)CC(N)C1. The molecule has 0 amide bonds. The van der Waals surface area contributed by atoms with Crippen molar-refractivity contribution < 1.29 is 0 Å². The summed E-state index contributed by atoms with van der Waals surface area (Å²) in [6.07, 6.45) is 2.09. The van der Waals surface area contributed by atoms with Crippen LogP contribution in [0.5, 0.6) is 0 Å². The summed E-state index contributed by atoms with van der Waals surface area (Å²) in [5.41, 5.74) is 15.0. The number of hydrogen-bond acceptors (Lipinski definition) is 4. The van der Waals surface area contributed by atoms with E-state index in [0.717, 1.165) is 32.5 Å². The van der Waals surface area contributed by atoms with Crippen LogP contribution in [-0.4, -0.2) is 36.7 Å². The highest BCUT2D eigenvalue weighted by Crippen LogP contribution is 2.04. The van der Waals surface area contributed by atoms with Crippen LogP contribution in [-0.2, 0) is 0 Å². The highest BCUT2D eigenvalue weighted by Gasteiger charge is 2.21. The van der Waals surface area contributed by atoms with Crippen LogP contribution in [0.1, 0.15) is 19.8 Å². The Morgan fingerprint density at radius 1 is 1.33 bits per heavy atom. The van der Waals surface area contributed by atoms with Crippen LogP contribution in [0.3, 0.4) is 0 Å². The van der Waals surface area contributed by atoms with E-state index in [1.54, 1.807) is 0 Å². The fourth-order valence-corrected chi connectivity index (χ4v) is 1.58. The van der Waals surface area contributed by atoms with E-state index in [4.69, 9.17) is 11.5 Å². The fraction of sp³-hybridized carbons (Fsp3) is 1.00. The molecule has 12 heavy (non-hydrogen) atoms. The minimum atomic E-state index is 0.234. The van der Waals surface area contributed by atoms with Crippen molar-refractivity contribution in [3.8, 4) is 0 Å². The van der Waals surface area contributed by atoms with Crippen LogP contribution in [0.15, 0.2) is 0 Å². The van der Waals surface area contributed by atoms with E-state index in [1.807, 2.05) is 0 Å². The molecule has 1 aliphatic heterocycles. The Hall–Kier alpha value is -0.160. The molecule has 1 rings (SSSR count). The van der Waals surface area contributed by atoms with Gasteiger partial charge in [0.15, 0.2) is 0 Å². The predicted molar refractivity (Wildman–Crippen MR) is 50.4 cm³/mol. The van der Waals surface area contributed by atoms with E-state index in [9.17, 15) is 0 Å². The number of hydrogen-bond donors (Lipinski definition) is 3. The molecule has 0 aliphatic carbocycles. The standard InChI is InChI=1S/C8H20N4/c1-2-3-11-12-5-7(9)4-8(10)6-12/h7-8,11H,2-6,9-10H2,1H3. The average Bonchev–Trinajstić information content (AvgIpc) is 1.99. The number of nitrogens with two attached hydrogens (primary N) is 2. The van der Waals surface area contributed by atoms with Crippen LogP contribution in [0.25, 0.3) is 0 Å². The molecule has 1 fully saturated rings. The summed E-state index contributed by atoms with van der Waals surface area (Å²) in [4.78, 5) is 0. The zero-order valence-electron chi connectivity index (χ0n) is 7.79. The van der Waals surface area contributed by atoms with Gasteiger partial charge in [0.05, 0.1) is 0 Å². The van der Waals surface area contributed by atoms with Crippen LogP contribution in [0.4, 0.5) is 0 Å². The summed E-state index contributed by atoms with van der Waals surface area (Å²) in [5, 5.41) is 2.14. The molecule has 0 spiro atoms. The van der Waals surface area contributed by atoms with Gasteiger partial charge in [0.25, 0.3) is 0 Å². The Balaban J connectivity index is 2.24. The van der Waals surface area contributed by atoms with Crippen molar-refractivity contribution in [3.63, 3.8) is 0 Å². The number of hydrazine groups is 1. The molecule has 2 atom stereocenters. The molecular weight excluding hydrogens is 152 g/mol. The summed E-state index contributed by atoms with van der Waals surface area (Å²) >= 11 is 0. The Morgan fingerprint density at radius 3 is 2.42 bits per heavy atom. The predicted octanol–water partition coefficient (Wildman–Crippen LogP) is -0.739. The van der Waals surface area contributed by atoms with E-state index in [2.05, 4.69) is 17.4 Å². The van der Waals surface area contributed by atoms with Crippen LogP contribution < -0.4 is 16.9 Å². The van der Waals surface area contributed by atoms with Gasteiger partial charge in [-0.25, -0.2) is 5.01 Å². The second-order valence-electron chi connectivity index (χ2n) is 3.57. The monoisotopic (exact) mass is 172 g/mol. The molecule has 1 saturated heterocycles. The number of rotatable bonds is 3. The first-order chi connectivity index (χ1) is 5.72. The second-order valence-corrected chi connectivity index (χ2v) is 3.57. The van der Waals surface area contributed by atoms with Crippen molar-refractivity contribution in [1.82, 2.24) is 10.4 Å². The molecule has 0 aromatic heterocycles. The summed E-state index contributed by atoms with van der Waals surface area (Å²) < 4.78 is 0. The van der Waals surface area contributed by atoms with Gasteiger partial charge in [0, 0.05) is 31.7 Å². The lowest BCUT2D eigenvalue weighted by atomic mass is 10.0. The first kappa shape index (κ1) is 9.92. The van der Waals surface area contributed by atoms with Gasteiger partial charge in [-0.3, -0.25) is 5.43 Å². The van der Waals surface area contributed by atoms with Crippen LogP contribution in [0, 0.1) is 0 Å².